The van der Waals surface area contributed by atoms with E-state index in [1.165, 1.54) is 27.6 Å². The molecule has 0 spiro atoms. The van der Waals surface area contributed by atoms with Crippen LogP contribution in [0.4, 0.5) is 9.59 Å². The SMILES string of the molecule is CC(C)c1nc(CN(C)C(=O)N[C@H](C(=O)N[C@@H](Cc2ccccc2)C[C@H](OC(=O)CC(C)(C)COP(=O)([O-])[O-])[C@H](Cc2ccccc2)NC(=O)OCc2cncs2)C(C)C)cs1.[Ca+2]. The number of thiazole rings is 2. The van der Waals surface area contributed by atoms with E-state index < -0.39 is 68.1 Å². The van der Waals surface area contributed by atoms with E-state index in [2.05, 4.69) is 30.4 Å². The molecule has 0 fully saturated rings. The summed E-state index contributed by atoms with van der Waals surface area (Å²) >= 11 is 2.84. The molecule has 63 heavy (non-hydrogen) atoms. The van der Waals surface area contributed by atoms with E-state index in [0.717, 1.165) is 21.8 Å². The van der Waals surface area contributed by atoms with Gasteiger partial charge in [-0.15, -0.1) is 22.7 Å². The maximum Gasteiger partial charge on any atom is 2.00 e. The Morgan fingerprint density at radius 2 is 1.54 bits per heavy atom. The minimum atomic E-state index is -5.33. The van der Waals surface area contributed by atoms with Gasteiger partial charge < -0.3 is 49.2 Å². The standard InChI is InChI=1S/C43H59N6O10PS2.Ca/c1-28(2)38(48-41(52)49(7)23-33-25-61-40(46-33)29(3)4)39(51)45-32(18-30-14-10-8-11-15-30)20-36(59-37(50)21-43(5,6)26-58-60(54,55)56)35(19-31-16-12-9-13-17-31)47-42(53)57-24-34-22-44-27-62-34;/h8-17,22,25,27-29,32,35-36,38H,18-21,23-24,26H2,1-7H3,(H,45,51)(H,47,53)(H,48,52)(H2,54,55,56);/q;+2/p-2/t32-,35-,36-,38-;/m0./s1. The minimum Gasteiger partial charge on any atom is -0.790 e. The van der Waals surface area contributed by atoms with Crippen molar-refractivity contribution in [2.45, 2.75) is 111 Å². The molecule has 3 N–H and O–H groups in total. The van der Waals surface area contributed by atoms with Gasteiger partial charge in [0.25, 0.3) is 0 Å². The molecule has 2 aromatic heterocycles. The zero-order valence-corrected chi connectivity index (χ0v) is 41.6. The second-order valence-corrected chi connectivity index (χ2v) is 19.6. The summed E-state index contributed by atoms with van der Waals surface area (Å²) in [6.45, 7) is 10.4. The van der Waals surface area contributed by atoms with Gasteiger partial charge in [-0.25, -0.2) is 14.6 Å². The van der Waals surface area contributed by atoms with Crippen molar-refractivity contribution in [3.8, 4) is 0 Å². The van der Waals surface area contributed by atoms with Crippen LogP contribution in [0.3, 0.4) is 0 Å². The third-order valence-corrected chi connectivity index (χ3v) is 12.0. The predicted molar refractivity (Wildman–Crippen MR) is 238 cm³/mol. The molecule has 2 aromatic carbocycles. The second kappa shape index (κ2) is 25.9. The number of amides is 4. The number of nitrogens with one attached hydrogen (secondary N) is 3. The van der Waals surface area contributed by atoms with Crippen molar-refractivity contribution < 1.29 is 47.5 Å². The summed E-state index contributed by atoms with van der Waals surface area (Å²) < 4.78 is 27.5. The Morgan fingerprint density at radius 3 is 2.10 bits per heavy atom. The topological polar surface area (TPSA) is 224 Å². The maximum absolute atomic E-state index is 14.3. The first-order valence-corrected chi connectivity index (χ1v) is 23.5. The van der Waals surface area contributed by atoms with Crippen LogP contribution in [0.1, 0.15) is 87.0 Å². The first kappa shape index (κ1) is 53.9. The predicted octanol–water partition coefficient (Wildman–Crippen LogP) is 5.34. The number of rotatable bonds is 23. The van der Waals surface area contributed by atoms with Gasteiger partial charge in [-0.1, -0.05) is 102 Å². The molecule has 0 bridgehead atoms. The Kier molecular flexibility index (Phi) is 22.1. The first-order chi connectivity index (χ1) is 29.3. The fourth-order valence-corrected chi connectivity index (χ4v) is 8.24. The number of hydrogen-bond donors (Lipinski definition) is 3. The first-order valence-electron chi connectivity index (χ1n) is 20.3. The maximum atomic E-state index is 14.3. The number of phosphoric acid groups is 1. The molecule has 16 nitrogen and oxygen atoms in total. The molecule has 0 aliphatic carbocycles. The second-order valence-electron chi connectivity index (χ2n) is 16.6. The van der Waals surface area contributed by atoms with Crippen molar-refractivity contribution in [3.05, 3.63) is 104 Å². The molecule has 0 saturated carbocycles. The quantitative estimate of drug-likeness (QED) is 0.0487. The van der Waals surface area contributed by atoms with Crippen molar-refractivity contribution in [1.29, 1.82) is 0 Å². The fraction of sp³-hybridized carbons (Fsp3) is 0.488. The summed E-state index contributed by atoms with van der Waals surface area (Å²) in [5.74, 6) is -1.33. The van der Waals surface area contributed by atoms with Crippen LogP contribution < -0.4 is 25.7 Å². The number of carbonyl (C=O) groups is 4. The smallest absolute Gasteiger partial charge is 0.790 e. The molecule has 2 heterocycles. The van der Waals surface area contributed by atoms with Crippen LogP contribution >= 0.6 is 30.5 Å². The van der Waals surface area contributed by atoms with Gasteiger partial charge in [0.15, 0.2) is 0 Å². The molecule has 4 aromatic rings. The van der Waals surface area contributed by atoms with Crippen LogP contribution in [0, 0.1) is 11.3 Å². The van der Waals surface area contributed by atoms with Gasteiger partial charge in [0.05, 0.1) is 54.5 Å². The number of hydrogen-bond acceptors (Lipinski definition) is 14. The Balaban J connectivity index is 0.0000106. The van der Waals surface area contributed by atoms with Crippen LogP contribution in [0.25, 0.3) is 0 Å². The van der Waals surface area contributed by atoms with E-state index in [4.69, 9.17) is 9.47 Å². The third-order valence-electron chi connectivity index (χ3n) is 9.62. The van der Waals surface area contributed by atoms with Gasteiger partial charge in [-0.05, 0) is 35.3 Å². The monoisotopic (exact) mass is 952 g/mol. The van der Waals surface area contributed by atoms with E-state index in [9.17, 15) is 33.5 Å². The largest absolute Gasteiger partial charge is 2.00 e. The fourth-order valence-electron chi connectivity index (χ4n) is 6.40. The molecular weight excluding hydrogens is 896 g/mol. The Labute approximate surface area is 407 Å². The molecule has 0 aliphatic rings. The summed E-state index contributed by atoms with van der Waals surface area (Å²) in [6, 6.07) is 15.5. The van der Waals surface area contributed by atoms with Crippen molar-refractivity contribution in [1.82, 2.24) is 30.8 Å². The van der Waals surface area contributed by atoms with Crippen LogP contribution in [0.2, 0.25) is 0 Å². The van der Waals surface area contributed by atoms with E-state index in [1.54, 1.807) is 32.6 Å². The zero-order valence-electron chi connectivity index (χ0n) is 36.8. The van der Waals surface area contributed by atoms with Gasteiger partial charge in [0.2, 0.25) is 5.91 Å². The summed E-state index contributed by atoms with van der Waals surface area (Å²) in [5, 5.41) is 11.8. The number of esters is 1. The number of ether oxygens (including phenoxy) is 2. The van der Waals surface area contributed by atoms with Gasteiger partial charge in [0.1, 0.15) is 18.8 Å². The molecule has 338 valence electrons. The molecule has 20 heteroatoms. The molecule has 0 aliphatic heterocycles. The van der Waals surface area contributed by atoms with Crippen molar-refractivity contribution >= 4 is 92.2 Å². The molecule has 4 rings (SSSR count). The number of urea groups is 1. The van der Waals surface area contributed by atoms with Crippen LogP contribution in [-0.4, -0.2) is 114 Å². The average molecular weight is 953 g/mol. The van der Waals surface area contributed by atoms with Crippen LogP contribution in [-0.2, 0) is 54.1 Å². The number of nitrogens with zero attached hydrogens (tertiary/aromatic N) is 3. The average Bonchev–Trinajstić information content (AvgIpc) is 3.91. The van der Waals surface area contributed by atoms with Gasteiger partial charge in [-0.3, -0.25) is 14.6 Å². The summed E-state index contributed by atoms with van der Waals surface area (Å²) in [4.78, 5) is 88.5. The van der Waals surface area contributed by atoms with Gasteiger partial charge in [0, 0.05) is 37.0 Å². The molecule has 4 amide bonds. The molecule has 0 unspecified atom stereocenters. The number of alkyl carbamates (subject to hydrolysis) is 1. The Hall–Kier alpha value is -3.45. The van der Waals surface area contributed by atoms with Gasteiger partial charge >= 0.3 is 55.8 Å². The summed E-state index contributed by atoms with van der Waals surface area (Å²) in [7, 11) is -3.70. The van der Waals surface area contributed by atoms with Crippen LogP contribution in [0.5, 0.6) is 0 Å². The molecule has 0 saturated heterocycles. The minimum absolute atomic E-state index is 0. The number of carbonyl (C=O) groups excluding carboxylic acids is 4. The summed E-state index contributed by atoms with van der Waals surface area (Å²) in [5.41, 5.74) is 2.86. The number of phosphoric ester groups is 1. The molecular formula is C43H57CaN6O10PS2. The van der Waals surface area contributed by atoms with Crippen molar-refractivity contribution in [2.75, 3.05) is 13.7 Å². The van der Waals surface area contributed by atoms with Gasteiger partial charge in [-0.2, -0.15) is 0 Å². The molecule has 4 atom stereocenters. The molecule has 0 radical (unpaired) electrons. The van der Waals surface area contributed by atoms with Crippen molar-refractivity contribution in [3.63, 3.8) is 0 Å². The Morgan fingerprint density at radius 1 is 0.905 bits per heavy atom. The summed E-state index contributed by atoms with van der Waals surface area (Å²) in [6.07, 6.45) is -0.243. The Bertz CT molecular complexity index is 2070. The number of aromatic nitrogens is 2. The number of benzene rings is 2. The third kappa shape index (κ3) is 19.7. The van der Waals surface area contributed by atoms with Crippen molar-refractivity contribution in [2.24, 2.45) is 11.3 Å². The van der Waals surface area contributed by atoms with E-state index in [-0.39, 0.29) is 88.4 Å². The van der Waals surface area contributed by atoms with E-state index in [0.29, 0.717) is 4.88 Å². The zero-order chi connectivity index (χ0) is 45.5. The normalized spacial score (nSPS) is 13.6. The van der Waals surface area contributed by atoms with E-state index >= 15 is 0 Å². The van der Waals surface area contributed by atoms with Crippen LogP contribution in [0.15, 0.2) is 77.8 Å². The van der Waals surface area contributed by atoms with E-state index in [1.807, 2.05) is 93.7 Å².